The molecule has 2 aromatic carbocycles. The SMILES string of the molecule is Cc1ccc(C(=O)c2ccc(C)c(C3CCC3)c2C)c(C)c1C1CCC1. The maximum Gasteiger partial charge on any atom is 0.193 e. The number of benzene rings is 2. The van der Waals surface area contributed by atoms with Crippen molar-refractivity contribution in [1.82, 2.24) is 0 Å². The molecule has 0 unspecified atom stereocenters. The summed E-state index contributed by atoms with van der Waals surface area (Å²) in [5.41, 5.74) is 9.80. The van der Waals surface area contributed by atoms with Crippen molar-refractivity contribution in [2.24, 2.45) is 0 Å². The lowest BCUT2D eigenvalue weighted by Crippen LogP contribution is -2.17. The summed E-state index contributed by atoms with van der Waals surface area (Å²) in [6, 6.07) is 8.42. The first-order chi connectivity index (χ1) is 12.5. The Labute approximate surface area is 157 Å². The first-order valence-electron chi connectivity index (χ1n) is 10.2. The number of ketones is 1. The molecule has 2 aliphatic rings. The Morgan fingerprint density at radius 2 is 1.08 bits per heavy atom. The average Bonchev–Trinajstić information content (AvgIpc) is 2.51. The largest absolute Gasteiger partial charge is 0.289 e. The van der Waals surface area contributed by atoms with Gasteiger partial charge in [-0.1, -0.05) is 37.1 Å². The molecule has 0 radical (unpaired) electrons. The second kappa shape index (κ2) is 6.68. The summed E-state index contributed by atoms with van der Waals surface area (Å²) in [5, 5.41) is 0. The number of hydrogen-bond acceptors (Lipinski definition) is 1. The van der Waals surface area contributed by atoms with E-state index in [4.69, 9.17) is 0 Å². The second-order valence-electron chi connectivity index (χ2n) is 8.52. The van der Waals surface area contributed by atoms with Crippen molar-refractivity contribution in [3.63, 3.8) is 0 Å². The molecule has 136 valence electrons. The van der Waals surface area contributed by atoms with Crippen LogP contribution in [-0.4, -0.2) is 5.78 Å². The third kappa shape index (κ3) is 2.73. The van der Waals surface area contributed by atoms with Crippen LogP contribution in [0.4, 0.5) is 0 Å². The van der Waals surface area contributed by atoms with Crippen LogP contribution in [0, 0.1) is 27.7 Å². The van der Waals surface area contributed by atoms with Crippen molar-refractivity contribution in [3.05, 3.63) is 68.8 Å². The van der Waals surface area contributed by atoms with Crippen LogP contribution in [0.15, 0.2) is 24.3 Å². The topological polar surface area (TPSA) is 17.1 Å². The van der Waals surface area contributed by atoms with Gasteiger partial charge in [0.1, 0.15) is 0 Å². The first-order valence-corrected chi connectivity index (χ1v) is 10.2. The van der Waals surface area contributed by atoms with Gasteiger partial charge >= 0.3 is 0 Å². The van der Waals surface area contributed by atoms with E-state index >= 15 is 0 Å². The van der Waals surface area contributed by atoms with Crippen molar-refractivity contribution in [2.75, 3.05) is 0 Å². The Hall–Kier alpha value is -1.89. The normalized spacial score (nSPS) is 17.7. The van der Waals surface area contributed by atoms with Crippen LogP contribution >= 0.6 is 0 Å². The molecular weight excluding hydrogens is 316 g/mol. The lowest BCUT2D eigenvalue weighted by atomic mass is 9.74. The van der Waals surface area contributed by atoms with Gasteiger partial charge < -0.3 is 0 Å². The van der Waals surface area contributed by atoms with Crippen molar-refractivity contribution >= 4 is 5.78 Å². The Bertz CT molecular complexity index is 795. The predicted octanol–water partition coefficient (Wildman–Crippen LogP) is 6.69. The Balaban J connectivity index is 1.77. The molecule has 2 fully saturated rings. The highest BCUT2D eigenvalue weighted by Crippen LogP contribution is 2.42. The van der Waals surface area contributed by atoms with Gasteiger partial charge in [-0.2, -0.15) is 0 Å². The smallest absolute Gasteiger partial charge is 0.193 e. The predicted molar refractivity (Wildman–Crippen MR) is 108 cm³/mol. The van der Waals surface area contributed by atoms with E-state index in [0.717, 1.165) is 11.1 Å². The molecule has 4 rings (SSSR count). The molecule has 2 aliphatic carbocycles. The molecule has 2 saturated carbocycles. The van der Waals surface area contributed by atoms with E-state index in [9.17, 15) is 4.79 Å². The molecule has 0 saturated heterocycles. The summed E-state index contributed by atoms with van der Waals surface area (Å²) in [4.78, 5) is 13.5. The Morgan fingerprint density at radius 3 is 1.38 bits per heavy atom. The number of rotatable bonds is 4. The third-order valence-corrected chi connectivity index (χ3v) is 6.98. The molecule has 0 bridgehead atoms. The summed E-state index contributed by atoms with van der Waals surface area (Å²) in [6.45, 7) is 8.70. The molecule has 1 heteroatoms. The van der Waals surface area contributed by atoms with E-state index in [2.05, 4.69) is 52.0 Å². The highest BCUT2D eigenvalue weighted by atomic mass is 16.1. The number of carbonyl (C=O) groups excluding carboxylic acids is 1. The van der Waals surface area contributed by atoms with E-state index in [-0.39, 0.29) is 5.78 Å². The zero-order valence-corrected chi connectivity index (χ0v) is 16.6. The zero-order valence-electron chi connectivity index (χ0n) is 16.6. The number of carbonyl (C=O) groups is 1. The standard InChI is InChI=1S/C25H30O/c1-15-11-13-21(17(3)23(15)19-7-5-8-19)25(26)22-14-12-16(2)24(18(22)4)20-9-6-10-20/h11-14,19-20H,5-10H2,1-4H3. The van der Waals surface area contributed by atoms with Crippen LogP contribution in [-0.2, 0) is 0 Å². The molecular formula is C25H30O. The zero-order chi connectivity index (χ0) is 18.4. The van der Waals surface area contributed by atoms with Gasteiger partial charge in [-0.05, 0) is 98.6 Å². The molecule has 26 heavy (non-hydrogen) atoms. The summed E-state index contributed by atoms with van der Waals surface area (Å²) < 4.78 is 0. The molecule has 0 atom stereocenters. The lowest BCUT2D eigenvalue weighted by Gasteiger charge is -2.31. The van der Waals surface area contributed by atoms with Crippen molar-refractivity contribution in [1.29, 1.82) is 0 Å². The summed E-state index contributed by atoms with van der Waals surface area (Å²) >= 11 is 0. The third-order valence-electron chi connectivity index (χ3n) is 6.98. The van der Waals surface area contributed by atoms with E-state index in [1.165, 1.54) is 71.9 Å². The summed E-state index contributed by atoms with van der Waals surface area (Å²) in [6.07, 6.45) is 7.74. The second-order valence-corrected chi connectivity index (χ2v) is 8.52. The molecule has 0 amide bonds. The van der Waals surface area contributed by atoms with E-state index < -0.39 is 0 Å². The summed E-state index contributed by atoms with van der Waals surface area (Å²) in [5.74, 6) is 1.53. The highest BCUT2D eigenvalue weighted by molar-refractivity contribution is 6.11. The fraction of sp³-hybridized carbons (Fsp3) is 0.480. The minimum absolute atomic E-state index is 0.209. The fourth-order valence-electron chi connectivity index (χ4n) is 5.02. The van der Waals surface area contributed by atoms with Crippen molar-refractivity contribution in [3.8, 4) is 0 Å². The van der Waals surface area contributed by atoms with Gasteiger partial charge in [-0.25, -0.2) is 0 Å². The van der Waals surface area contributed by atoms with E-state index in [1.54, 1.807) is 0 Å². The van der Waals surface area contributed by atoms with Gasteiger partial charge in [0.15, 0.2) is 5.78 Å². The van der Waals surface area contributed by atoms with Crippen LogP contribution < -0.4 is 0 Å². The minimum atomic E-state index is 0.209. The van der Waals surface area contributed by atoms with Crippen LogP contribution in [0.2, 0.25) is 0 Å². The molecule has 0 N–H and O–H groups in total. The Morgan fingerprint density at radius 1 is 0.692 bits per heavy atom. The average molecular weight is 347 g/mol. The molecule has 0 aliphatic heterocycles. The molecule has 0 spiro atoms. The maximum atomic E-state index is 13.5. The number of hydrogen-bond donors (Lipinski definition) is 0. The van der Waals surface area contributed by atoms with Gasteiger partial charge in [-0.3, -0.25) is 4.79 Å². The minimum Gasteiger partial charge on any atom is -0.289 e. The highest BCUT2D eigenvalue weighted by Gasteiger charge is 2.28. The Kier molecular flexibility index (Phi) is 4.50. The van der Waals surface area contributed by atoms with Gasteiger partial charge in [-0.15, -0.1) is 0 Å². The summed E-state index contributed by atoms with van der Waals surface area (Å²) in [7, 11) is 0. The fourth-order valence-corrected chi connectivity index (χ4v) is 5.02. The van der Waals surface area contributed by atoms with Crippen LogP contribution in [0.25, 0.3) is 0 Å². The first kappa shape index (κ1) is 17.5. The lowest BCUT2D eigenvalue weighted by molar-refractivity contribution is 0.103. The van der Waals surface area contributed by atoms with Crippen molar-refractivity contribution < 1.29 is 4.79 Å². The molecule has 0 heterocycles. The van der Waals surface area contributed by atoms with Gasteiger partial charge in [0.2, 0.25) is 0 Å². The van der Waals surface area contributed by atoms with Crippen LogP contribution in [0.1, 0.15) is 99.7 Å². The van der Waals surface area contributed by atoms with Crippen LogP contribution in [0.5, 0.6) is 0 Å². The molecule has 0 aromatic heterocycles. The van der Waals surface area contributed by atoms with Gasteiger partial charge in [0.25, 0.3) is 0 Å². The van der Waals surface area contributed by atoms with E-state index in [0.29, 0.717) is 11.8 Å². The van der Waals surface area contributed by atoms with Gasteiger partial charge in [0, 0.05) is 11.1 Å². The molecule has 2 aromatic rings. The maximum absolute atomic E-state index is 13.5. The van der Waals surface area contributed by atoms with Gasteiger partial charge in [0.05, 0.1) is 0 Å². The monoisotopic (exact) mass is 346 g/mol. The van der Waals surface area contributed by atoms with E-state index in [1.807, 2.05) is 0 Å². The molecule has 1 nitrogen and oxygen atoms in total. The number of aryl methyl sites for hydroxylation is 2. The van der Waals surface area contributed by atoms with Crippen molar-refractivity contribution in [2.45, 2.75) is 78.1 Å². The van der Waals surface area contributed by atoms with Crippen LogP contribution in [0.3, 0.4) is 0 Å². The quantitative estimate of drug-likeness (QED) is 0.564.